The predicted molar refractivity (Wildman–Crippen MR) is 116 cm³/mol. The number of hydrogen-bond acceptors (Lipinski definition) is 3. The molecule has 0 bridgehead atoms. The molecule has 146 valence electrons. The van der Waals surface area contributed by atoms with E-state index in [2.05, 4.69) is 12.2 Å². The van der Waals surface area contributed by atoms with Crippen LogP contribution < -0.4 is 10.1 Å². The molecule has 3 nitrogen and oxygen atoms in total. The summed E-state index contributed by atoms with van der Waals surface area (Å²) in [6.07, 6.45) is 1.12. The topological polar surface area (TPSA) is 38.3 Å². The summed E-state index contributed by atoms with van der Waals surface area (Å²) in [6, 6.07) is 13.4. The maximum atomic E-state index is 12.3. The third kappa shape index (κ3) is 7.28. The molecule has 1 amide bonds. The highest BCUT2D eigenvalue weighted by atomic mass is 35.5. The van der Waals surface area contributed by atoms with Gasteiger partial charge in [0.25, 0.3) is 5.91 Å². The van der Waals surface area contributed by atoms with E-state index in [1.165, 1.54) is 5.56 Å². The molecule has 2 aromatic rings. The molecule has 0 heterocycles. The molecular weight excluding hydrogens is 401 g/mol. The molecule has 6 heteroatoms. The van der Waals surface area contributed by atoms with Gasteiger partial charge in [0.15, 0.2) is 6.10 Å². The highest BCUT2D eigenvalue weighted by Gasteiger charge is 2.17. The fraction of sp³-hybridized carbons (Fsp3) is 0.381. The summed E-state index contributed by atoms with van der Waals surface area (Å²) in [6.45, 7) is 4.64. The van der Waals surface area contributed by atoms with Crippen LogP contribution in [-0.2, 0) is 17.0 Å². The van der Waals surface area contributed by atoms with Gasteiger partial charge in [0, 0.05) is 28.1 Å². The molecule has 0 saturated carbocycles. The van der Waals surface area contributed by atoms with Crippen molar-refractivity contribution >= 4 is 40.9 Å². The van der Waals surface area contributed by atoms with E-state index >= 15 is 0 Å². The van der Waals surface area contributed by atoms with Crippen molar-refractivity contribution in [2.75, 3.05) is 12.3 Å². The van der Waals surface area contributed by atoms with E-state index in [0.717, 1.165) is 29.2 Å². The molecule has 0 fully saturated rings. The Hall–Kier alpha value is -1.36. The fourth-order valence-electron chi connectivity index (χ4n) is 2.47. The maximum absolute atomic E-state index is 12.3. The van der Waals surface area contributed by atoms with Crippen LogP contribution in [0.2, 0.25) is 10.0 Å². The zero-order valence-corrected chi connectivity index (χ0v) is 18.0. The Morgan fingerprint density at radius 1 is 1.15 bits per heavy atom. The second-order valence-electron chi connectivity index (χ2n) is 6.09. The Bertz CT molecular complexity index is 737. The van der Waals surface area contributed by atoms with Crippen molar-refractivity contribution in [2.24, 2.45) is 0 Å². The molecule has 0 aliphatic heterocycles. The van der Waals surface area contributed by atoms with Crippen LogP contribution in [0.15, 0.2) is 42.5 Å². The van der Waals surface area contributed by atoms with Crippen molar-refractivity contribution in [3.05, 3.63) is 63.6 Å². The van der Waals surface area contributed by atoms with E-state index in [1.807, 2.05) is 43.3 Å². The summed E-state index contributed by atoms with van der Waals surface area (Å²) in [4.78, 5) is 12.3. The Kier molecular flexibility index (Phi) is 9.32. The van der Waals surface area contributed by atoms with Gasteiger partial charge in [-0.3, -0.25) is 4.79 Å². The summed E-state index contributed by atoms with van der Waals surface area (Å²) in [7, 11) is 0. The molecule has 0 aromatic heterocycles. The molecule has 0 radical (unpaired) electrons. The number of thioether (sulfide) groups is 1. The molecule has 27 heavy (non-hydrogen) atoms. The Balaban J connectivity index is 1.72. The van der Waals surface area contributed by atoms with Crippen LogP contribution in [0, 0.1) is 0 Å². The van der Waals surface area contributed by atoms with Crippen LogP contribution in [0.3, 0.4) is 0 Å². The fourth-order valence-corrected chi connectivity index (χ4v) is 3.89. The molecule has 0 aliphatic carbocycles. The minimum atomic E-state index is -0.479. The second kappa shape index (κ2) is 11.5. The van der Waals surface area contributed by atoms with Crippen molar-refractivity contribution in [2.45, 2.75) is 38.5 Å². The largest absolute Gasteiger partial charge is 0.481 e. The van der Waals surface area contributed by atoms with E-state index < -0.39 is 6.10 Å². The normalized spacial score (nSPS) is 11.9. The van der Waals surface area contributed by atoms with Gasteiger partial charge in [-0.25, -0.2) is 0 Å². The molecule has 1 N–H and O–H groups in total. The van der Waals surface area contributed by atoms with Crippen molar-refractivity contribution in [1.82, 2.24) is 5.32 Å². The van der Waals surface area contributed by atoms with Crippen LogP contribution in [0.5, 0.6) is 5.75 Å². The maximum Gasteiger partial charge on any atom is 0.261 e. The number of ether oxygens (including phenoxy) is 1. The number of carbonyl (C=O) groups excluding carboxylic acids is 1. The molecule has 0 aliphatic rings. The summed E-state index contributed by atoms with van der Waals surface area (Å²) >= 11 is 13.8. The van der Waals surface area contributed by atoms with Crippen molar-refractivity contribution in [1.29, 1.82) is 0 Å². The molecule has 0 spiro atoms. The average Bonchev–Trinajstić information content (AvgIpc) is 2.67. The third-order valence-corrected chi connectivity index (χ3v) is 5.69. The number of rotatable bonds is 10. The highest BCUT2D eigenvalue weighted by Crippen LogP contribution is 2.24. The first-order valence-electron chi connectivity index (χ1n) is 9.08. The van der Waals surface area contributed by atoms with E-state index in [-0.39, 0.29) is 5.91 Å². The lowest BCUT2D eigenvalue weighted by molar-refractivity contribution is -0.127. The lowest BCUT2D eigenvalue weighted by atomic mass is 10.2. The first-order chi connectivity index (χ1) is 13.0. The van der Waals surface area contributed by atoms with E-state index in [0.29, 0.717) is 23.0 Å². The van der Waals surface area contributed by atoms with Crippen LogP contribution in [0.25, 0.3) is 0 Å². The summed E-state index contributed by atoms with van der Waals surface area (Å²) in [5.74, 6) is 2.22. The highest BCUT2D eigenvalue weighted by molar-refractivity contribution is 7.98. The van der Waals surface area contributed by atoms with Gasteiger partial charge in [0.2, 0.25) is 0 Å². The molecule has 2 rings (SSSR count). The van der Waals surface area contributed by atoms with Gasteiger partial charge in [0.1, 0.15) is 5.75 Å². The number of carbonyl (C=O) groups is 1. The predicted octanol–water partition coefficient (Wildman–Crippen LogP) is 5.76. The first-order valence-corrected chi connectivity index (χ1v) is 11.0. The number of halogens is 2. The van der Waals surface area contributed by atoms with E-state index in [4.69, 9.17) is 27.9 Å². The lowest BCUT2D eigenvalue weighted by Gasteiger charge is -2.17. The van der Waals surface area contributed by atoms with Gasteiger partial charge in [-0.15, -0.1) is 0 Å². The zero-order chi connectivity index (χ0) is 19.6. The van der Waals surface area contributed by atoms with Gasteiger partial charge in [-0.1, -0.05) is 55.2 Å². The van der Waals surface area contributed by atoms with Gasteiger partial charge < -0.3 is 10.1 Å². The summed E-state index contributed by atoms with van der Waals surface area (Å²) in [5, 5.41) is 4.26. The molecule has 1 unspecified atom stereocenters. The monoisotopic (exact) mass is 425 g/mol. The second-order valence-corrected chi connectivity index (χ2v) is 8.04. The average molecular weight is 426 g/mol. The number of nitrogens with one attached hydrogen (secondary N) is 1. The standard InChI is InChI=1S/C21H25Cl2NO2S/c1-3-15-5-9-18(10-6-15)26-20(4-2)21(25)24-11-12-27-14-16-7-8-17(22)13-19(16)23/h5-10,13,20H,3-4,11-12,14H2,1-2H3,(H,24,25). The Labute approximate surface area is 175 Å². The summed E-state index contributed by atoms with van der Waals surface area (Å²) in [5.41, 5.74) is 2.29. The number of hydrogen-bond donors (Lipinski definition) is 1. The van der Waals surface area contributed by atoms with Crippen LogP contribution in [0.4, 0.5) is 0 Å². The Morgan fingerprint density at radius 2 is 1.89 bits per heavy atom. The van der Waals surface area contributed by atoms with Crippen LogP contribution in [0.1, 0.15) is 31.4 Å². The Morgan fingerprint density at radius 3 is 2.52 bits per heavy atom. The first kappa shape index (κ1) is 21.9. The third-order valence-electron chi connectivity index (χ3n) is 4.09. The number of aryl methyl sites for hydroxylation is 1. The molecule has 0 saturated heterocycles. The quantitative estimate of drug-likeness (QED) is 0.491. The minimum Gasteiger partial charge on any atom is -0.481 e. The van der Waals surface area contributed by atoms with Gasteiger partial charge in [-0.2, -0.15) is 11.8 Å². The van der Waals surface area contributed by atoms with E-state index in [1.54, 1.807) is 17.8 Å². The number of amides is 1. The van der Waals surface area contributed by atoms with Gasteiger partial charge in [0.05, 0.1) is 0 Å². The van der Waals surface area contributed by atoms with Crippen LogP contribution >= 0.6 is 35.0 Å². The van der Waals surface area contributed by atoms with E-state index in [9.17, 15) is 4.79 Å². The minimum absolute atomic E-state index is 0.0813. The van der Waals surface area contributed by atoms with Gasteiger partial charge >= 0.3 is 0 Å². The zero-order valence-electron chi connectivity index (χ0n) is 15.6. The van der Waals surface area contributed by atoms with Crippen molar-refractivity contribution < 1.29 is 9.53 Å². The molecular formula is C21H25Cl2NO2S. The van der Waals surface area contributed by atoms with Crippen molar-refractivity contribution in [3.8, 4) is 5.75 Å². The SMILES string of the molecule is CCc1ccc(OC(CC)C(=O)NCCSCc2ccc(Cl)cc2Cl)cc1. The molecule has 1 atom stereocenters. The molecule has 2 aromatic carbocycles. The van der Waals surface area contributed by atoms with Gasteiger partial charge in [-0.05, 0) is 48.2 Å². The van der Waals surface area contributed by atoms with Crippen molar-refractivity contribution in [3.63, 3.8) is 0 Å². The number of benzene rings is 2. The smallest absolute Gasteiger partial charge is 0.261 e. The lowest BCUT2D eigenvalue weighted by Crippen LogP contribution is -2.39. The van der Waals surface area contributed by atoms with Crippen LogP contribution in [-0.4, -0.2) is 24.3 Å². The summed E-state index contributed by atoms with van der Waals surface area (Å²) < 4.78 is 5.83.